The number of piperidine rings is 1. The molecule has 0 bridgehead atoms. The van der Waals surface area contributed by atoms with Gasteiger partial charge in [0, 0.05) is 13.2 Å². The van der Waals surface area contributed by atoms with E-state index in [2.05, 4.69) is 18.7 Å². The Labute approximate surface area is 75.6 Å². The van der Waals surface area contributed by atoms with Crippen LogP contribution in [-0.2, 0) is 0 Å². The van der Waals surface area contributed by atoms with Crippen LogP contribution in [0.25, 0.3) is 0 Å². The minimum atomic E-state index is 0.384. The highest BCUT2D eigenvalue weighted by Gasteiger charge is 2.18. The summed E-state index contributed by atoms with van der Waals surface area (Å²) < 4.78 is 0. The van der Waals surface area contributed by atoms with Crippen molar-refractivity contribution in [3.05, 3.63) is 0 Å². The van der Waals surface area contributed by atoms with Gasteiger partial charge in [0.1, 0.15) is 0 Å². The molecule has 1 aliphatic rings. The molecule has 0 atom stereocenters. The van der Waals surface area contributed by atoms with Gasteiger partial charge in [0.25, 0.3) is 0 Å². The van der Waals surface area contributed by atoms with Crippen LogP contribution in [0.15, 0.2) is 0 Å². The van der Waals surface area contributed by atoms with E-state index in [1.165, 1.54) is 32.5 Å². The topological polar surface area (TPSA) is 23.5 Å². The van der Waals surface area contributed by atoms with Gasteiger partial charge in [0.05, 0.1) is 0 Å². The summed E-state index contributed by atoms with van der Waals surface area (Å²) in [6.07, 6.45) is 2.37. The summed E-state index contributed by atoms with van der Waals surface area (Å²) in [5.41, 5.74) is 0. The van der Waals surface area contributed by atoms with Crippen LogP contribution in [0, 0.1) is 11.8 Å². The van der Waals surface area contributed by atoms with Crippen molar-refractivity contribution in [2.75, 3.05) is 26.2 Å². The van der Waals surface area contributed by atoms with Crippen LogP contribution in [0.2, 0.25) is 0 Å². The average Bonchev–Trinajstić information content (AvgIpc) is 2.05. The number of hydrogen-bond acceptors (Lipinski definition) is 2. The van der Waals surface area contributed by atoms with Crippen LogP contribution in [0.5, 0.6) is 0 Å². The molecule has 0 aromatic rings. The molecule has 1 N–H and O–H groups in total. The fourth-order valence-corrected chi connectivity index (χ4v) is 1.87. The molecule has 0 unspecified atom stereocenters. The molecule has 2 heteroatoms. The molecule has 0 aromatic heterocycles. The fraction of sp³-hybridized carbons (Fsp3) is 1.00. The summed E-state index contributed by atoms with van der Waals surface area (Å²) in [5, 5.41) is 8.94. The Morgan fingerprint density at radius 1 is 1.33 bits per heavy atom. The molecular weight excluding hydrogens is 150 g/mol. The van der Waals surface area contributed by atoms with Gasteiger partial charge in [0.15, 0.2) is 0 Å². The molecule has 0 aromatic carbocycles. The predicted octanol–water partition coefficient (Wildman–Crippen LogP) is 1.35. The minimum absolute atomic E-state index is 0.384. The molecule has 0 radical (unpaired) electrons. The van der Waals surface area contributed by atoms with Crippen LogP contribution < -0.4 is 0 Å². The van der Waals surface area contributed by atoms with Gasteiger partial charge in [-0.1, -0.05) is 13.8 Å². The highest BCUT2D eigenvalue weighted by molar-refractivity contribution is 4.72. The summed E-state index contributed by atoms with van der Waals surface area (Å²) in [6, 6.07) is 0. The first kappa shape index (κ1) is 10.0. The normalized spacial score (nSPS) is 22.0. The van der Waals surface area contributed by atoms with E-state index < -0.39 is 0 Å². The lowest BCUT2D eigenvalue weighted by Gasteiger charge is -2.32. The predicted molar refractivity (Wildman–Crippen MR) is 51.1 cm³/mol. The van der Waals surface area contributed by atoms with Gasteiger partial charge >= 0.3 is 0 Å². The quantitative estimate of drug-likeness (QED) is 0.693. The van der Waals surface area contributed by atoms with Gasteiger partial charge in [-0.3, -0.25) is 0 Å². The molecule has 1 rings (SSSR count). The molecule has 0 amide bonds. The van der Waals surface area contributed by atoms with E-state index in [9.17, 15) is 0 Å². The zero-order valence-corrected chi connectivity index (χ0v) is 8.29. The van der Waals surface area contributed by atoms with Gasteiger partial charge in [-0.2, -0.15) is 0 Å². The Morgan fingerprint density at radius 2 is 1.92 bits per heavy atom. The molecule has 1 saturated heterocycles. The van der Waals surface area contributed by atoms with E-state index in [1.54, 1.807) is 0 Å². The molecule has 1 fully saturated rings. The van der Waals surface area contributed by atoms with E-state index in [1.807, 2.05) is 0 Å². The number of hydrogen-bond donors (Lipinski definition) is 1. The van der Waals surface area contributed by atoms with Crippen molar-refractivity contribution in [3.63, 3.8) is 0 Å². The smallest absolute Gasteiger partial charge is 0.0460 e. The van der Waals surface area contributed by atoms with Gasteiger partial charge in [-0.15, -0.1) is 0 Å². The lowest BCUT2D eigenvalue weighted by atomic mass is 9.97. The Kier molecular flexibility index (Phi) is 4.02. The number of rotatable bonds is 3. The molecule has 1 aliphatic heterocycles. The Hall–Kier alpha value is -0.0800. The number of aliphatic hydroxyl groups excluding tert-OH is 1. The van der Waals surface area contributed by atoms with Crippen molar-refractivity contribution in [1.29, 1.82) is 0 Å². The summed E-state index contributed by atoms with van der Waals surface area (Å²) in [4.78, 5) is 2.51. The van der Waals surface area contributed by atoms with Gasteiger partial charge < -0.3 is 10.0 Å². The molecule has 72 valence electrons. The second-order valence-electron chi connectivity index (χ2n) is 4.32. The van der Waals surface area contributed by atoms with E-state index in [4.69, 9.17) is 5.11 Å². The largest absolute Gasteiger partial charge is 0.396 e. The number of nitrogens with zero attached hydrogens (tertiary/aromatic N) is 1. The van der Waals surface area contributed by atoms with Crippen LogP contribution >= 0.6 is 0 Å². The summed E-state index contributed by atoms with van der Waals surface area (Å²) in [7, 11) is 0. The highest BCUT2D eigenvalue weighted by Crippen LogP contribution is 2.16. The first-order valence-corrected chi connectivity index (χ1v) is 5.05. The average molecular weight is 171 g/mol. The lowest BCUT2D eigenvalue weighted by Crippen LogP contribution is -2.36. The summed E-state index contributed by atoms with van der Waals surface area (Å²) in [5.74, 6) is 1.35. The molecular formula is C10H21NO. The first-order valence-electron chi connectivity index (χ1n) is 5.05. The Bertz CT molecular complexity index is 117. The van der Waals surface area contributed by atoms with Crippen molar-refractivity contribution < 1.29 is 5.11 Å². The summed E-state index contributed by atoms with van der Waals surface area (Å²) in [6.45, 7) is 8.50. The highest BCUT2D eigenvalue weighted by atomic mass is 16.3. The molecule has 1 heterocycles. The standard InChI is InChI=1S/C10H21NO/c1-9(2)7-11-5-3-10(8-12)4-6-11/h9-10,12H,3-8H2,1-2H3. The van der Waals surface area contributed by atoms with E-state index in [0.717, 1.165) is 5.92 Å². The second kappa shape index (κ2) is 4.83. The third kappa shape index (κ3) is 3.11. The lowest BCUT2D eigenvalue weighted by molar-refractivity contribution is 0.123. The Balaban J connectivity index is 2.17. The third-order valence-corrected chi connectivity index (χ3v) is 2.59. The van der Waals surface area contributed by atoms with Gasteiger partial charge in [-0.25, -0.2) is 0 Å². The SMILES string of the molecule is CC(C)CN1CCC(CO)CC1. The first-order chi connectivity index (χ1) is 5.72. The maximum atomic E-state index is 8.94. The maximum absolute atomic E-state index is 8.94. The van der Waals surface area contributed by atoms with Crippen LogP contribution in [0.3, 0.4) is 0 Å². The van der Waals surface area contributed by atoms with E-state index in [0.29, 0.717) is 12.5 Å². The number of aliphatic hydroxyl groups is 1. The van der Waals surface area contributed by atoms with Gasteiger partial charge in [0.2, 0.25) is 0 Å². The fourth-order valence-electron chi connectivity index (χ4n) is 1.87. The van der Waals surface area contributed by atoms with Crippen LogP contribution in [-0.4, -0.2) is 36.2 Å². The molecule has 2 nitrogen and oxygen atoms in total. The Morgan fingerprint density at radius 3 is 2.33 bits per heavy atom. The molecule has 0 aliphatic carbocycles. The zero-order valence-electron chi connectivity index (χ0n) is 8.29. The summed E-state index contributed by atoms with van der Waals surface area (Å²) >= 11 is 0. The minimum Gasteiger partial charge on any atom is -0.396 e. The molecule has 0 spiro atoms. The van der Waals surface area contributed by atoms with Crippen molar-refractivity contribution in [1.82, 2.24) is 4.90 Å². The monoisotopic (exact) mass is 171 g/mol. The van der Waals surface area contributed by atoms with Crippen LogP contribution in [0.4, 0.5) is 0 Å². The molecule has 0 saturated carbocycles. The van der Waals surface area contributed by atoms with Crippen molar-refractivity contribution >= 4 is 0 Å². The van der Waals surface area contributed by atoms with E-state index >= 15 is 0 Å². The van der Waals surface area contributed by atoms with Crippen LogP contribution in [0.1, 0.15) is 26.7 Å². The second-order valence-corrected chi connectivity index (χ2v) is 4.32. The van der Waals surface area contributed by atoms with Gasteiger partial charge in [-0.05, 0) is 37.8 Å². The zero-order chi connectivity index (χ0) is 8.97. The van der Waals surface area contributed by atoms with Crippen molar-refractivity contribution in [2.45, 2.75) is 26.7 Å². The van der Waals surface area contributed by atoms with Crippen molar-refractivity contribution in [3.8, 4) is 0 Å². The maximum Gasteiger partial charge on any atom is 0.0460 e. The van der Waals surface area contributed by atoms with E-state index in [-0.39, 0.29) is 0 Å². The third-order valence-electron chi connectivity index (χ3n) is 2.59. The number of likely N-dealkylation sites (tertiary alicyclic amines) is 1. The van der Waals surface area contributed by atoms with Crippen molar-refractivity contribution in [2.24, 2.45) is 11.8 Å². The molecule has 12 heavy (non-hydrogen) atoms.